The van der Waals surface area contributed by atoms with Gasteiger partial charge in [-0.05, 0) is 0 Å². The minimum absolute atomic E-state index is 0.766. The van der Waals surface area contributed by atoms with E-state index in [4.69, 9.17) is 4.89 Å². The summed E-state index contributed by atoms with van der Waals surface area (Å²) in [7, 11) is -0.918. The lowest BCUT2D eigenvalue weighted by Gasteiger charge is -2.17. The molecule has 3 heteroatoms. The molecule has 0 aromatic rings. The molecule has 0 saturated carbocycles. The highest BCUT2D eigenvalue weighted by atomic mass is 31.2. The van der Waals surface area contributed by atoms with Gasteiger partial charge in [0.15, 0.2) is 8.38 Å². The Morgan fingerprint density at radius 3 is 2.20 bits per heavy atom. The second-order valence-electron chi connectivity index (χ2n) is 0.909. The normalized spacial score (nSPS) is 36.6. The molecule has 0 aromatic carbocycles. The summed E-state index contributed by atoms with van der Waals surface area (Å²) in [5.74, 6) is 0. The van der Waals surface area contributed by atoms with Crippen molar-refractivity contribution in [1.82, 2.24) is 0 Å². The van der Waals surface area contributed by atoms with E-state index < -0.39 is 8.38 Å². The van der Waals surface area contributed by atoms with Gasteiger partial charge in [-0.25, -0.2) is 0 Å². The SMILES string of the molecule is OP1CCO1. The highest BCUT2D eigenvalue weighted by molar-refractivity contribution is 7.47. The van der Waals surface area contributed by atoms with E-state index in [1.807, 2.05) is 0 Å². The van der Waals surface area contributed by atoms with Crippen LogP contribution in [0.1, 0.15) is 0 Å². The van der Waals surface area contributed by atoms with Crippen molar-refractivity contribution in [1.29, 1.82) is 0 Å². The van der Waals surface area contributed by atoms with Crippen LogP contribution in [0.4, 0.5) is 0 Å². The molecule has 1 aliphatic rings. The van der Waals surface area contributed by atoms with Gasteiger partial charge in [0.25, 0.3) is 0 Å². The first kappa shape index (κ1) is 3.54. The second kappa shape index (κ2) is 1.21. The molecule has 0 bridgehead atoms. The molecule has 0 radical (unpaired) electrons. The van der Waals surface area contributed by atoms with Crippen LogP contribution in [0.2, 0.25) is 0 Å². The predicted octanol–water partition coefficient (Wildman–Crippen LogP) is 0.321. The minimum Gasteiger partial charge on any atom is -0.350 e. The van der Waals surface area contributed by atoms with Crippen molar-refractivity contribution < 1.29 is 9.42 Å². The Morgan fingerprint density at radius 2 is 2.20 bits per heavy atom. The van der Waals surface area contributed by atoms with Gasteiger partial charge in [-0.2, -0.15) is 0 Å². The van der Waals surface area contributed by atoms with Crippen molar-refractivity contribution in [2.75, 3.05) is 12.8 Å². The fourth-order valence-corrected chi connectivity index (χ4v) is 0.519. The third-order valence-corrected chi connectivity index (χ3v) is 1.57. The van der Waals surface area contributed by atoms with Crippen LogP contribution >= 0.6 is 8.38 Å². The van der Waals surface area contributed by atoms with E-state index in [0.29, 0.717) is 0 Å². The van der Waals surface area contributed by atoms with E-state index in [2.05, 4.69) is 4.52 Å². The molecule has 2 nitrogen and oxygen atoms in total. The van der Waals surface area contributed by atoms with Crippen molar-refractivity contribution in [3.63, 3.8) is 0 Å². The van der Waals surface area contributed by atoms with Crippen LogP contribution in [0.15, 0.2) is 0 Å². The van der Waals surface area contributed by atoms with Crippen LogP contribution in [-0.4, -0.2) is 17.7 Å². The molecule has 1 fully saturated rings. The minimum atomic E-state index is -0.918. The van der Waals surface area contributed by atoms with E-state index >= 15 is 0 Å². The Morgan fingerprint density at radius 1 is 1.80 bits per heavy atom. The predicted molar refractivity (Wildman–Crippen MR) is 20.0 cm³/mol. The van der Waals surface area contributed by atoms with Crippen LogP contribution < -0.4 is 0 Å². The Hall–Kier alpha value is 0.350. The number of hydrogen-bond acceptors (Lipinski definition) is 2. The molecule has 1 aliphatic heterocycles. The van der Waals surface area contributed by atoms with Gasteiger partial charge in [-0.15, -0.1) is 0 Å². The summed E-state index contributed by atoms with van der Waals surface area (Å²) in [5.41, 5.74) is 0. The summed E-state index contributed by atoms with van der Waals surface area (Å²) >= 11 is 0. The molecular formula is C2H5O2P. The zero-order valence-corrected chi connectivity index (χ0v) is 3.61. The average molecular weight is 92.0 g/mol. The first-order chi connectivity index (χ1) is 2.39. The van der Waals surface area contributed by atoms with Gasteiger partial charge in [0.05, 0.1) is 6.61 Å². The maximum atomic E-state index is 8.29. The molecule has 1 N–H and O–H groups in total. The Labute approximate surface area is 31.7 Å². The van der Waals surface area contributed by atoms with Gasteiger partial charge in [0.1, 0.15) is 0 Å². The van der Waals surface area contributed by atoms with E-state index in [1.54, 1.807) is 0 Å². The first-order valence-electron chi connectivity index (χ1n) is 1.49. The van der Waals surface area contributed by atoms with Crippen LogP contribution in [0.5, 0.6) is 0 Å². The van der Waals surface area contributed by atoms with Crippen molar-refractivity contribution >= 4 is 8.38 Å². The molecule has 1 heterocycles. The van der Waals surface area contributed by atoms with Crippen LogP contribution in [0, 0.1) is 0 Å². The third kappa shape index (κ3) is 0.596. The monoisotopic (exact) mass is 92.0 g/mol. The molecule has 5 heavy (non-hydrogen) atoms. The van der Waals surface area contributed by atoms with Gasteiger partial charge < -0.3 is 9.42 Å². The Bertz CT molecular complexity index is 34.6. The number of rotatable bonds is 0. The lowest BCUT2D eigenvalue weighted by atomic mass is 10.9. The van der Waals surface area contributed by atoms with Crippen molar-refractivity contribution in [3.05, 3.63) is 0 Å². The highest BCUT2D eigenvalue weighted by Crippen LogP contribution is 2.38. The molecule has 1 rings (SSSR count). The molecule has 1 atom stereocenters. The topological polar surface area (TPSA) is 29.5 Å². The molecular weight excluding hydrogens is 87.0 g/mol. The Balaban J connectivity index is 2.08. The van der Waals surface area contributed by atoms with Gasteiger partial charge >= 0.3 is 0 Å². The maximum Gasteiger partial charge on any atom is 0.170 e. The van der Waals surface area contributed by atoms with Crippen molar-refractivity contribution in [3.8, 4) is 0 Å². The van der Waals surface area contributed by atoms with Crippen molar-refractivity contribution in [2.45, 2.75) is 0 Å². The van der Waals surface area contributed by atoms with Crippen LogP contribution in [-0.2, 0) is 4.52 Å². The van der Waals surface area contributed by atoms with Crippen LogP contribution in [0.25, 0.3) is 0 Å². The van der Waals surface area contributed by atoms with E-state index in [-0.39, 0.29) is 0 Å². The molecule has 0 amide bonds. The summed E-state index contributed by atoms with van der Waals surface area (Å²) in [6, 6.07) is 0. The maximum absolute atomic E-state index is 8.29. The zero-order chi connectivity index (χ0) is 3.70. The fourth-order valence-electron chi connectivity index (χ4n) is 0.173. The Kier molecular flexibility index (Phi) is 0.856. The lowest BCUT2D eigenvalue weighted by Crippen LogP contribution is -2.06. The first-order valence-corrected chi connectivity index (χ1v) is 2.89. The van der Waals surface area contributed by atoms with Gasteiger partial charge in [-0.1, -0.05) is 0 Å². The average Bonchev–Trinajstić information content (AvgIpc) is 1.30. The highest BCUT2D eigenvalue weighted by Gasteiger charge is 2.13. The molecule has 0 spiro atoms. The standard InChI is InChI=1S/C2H5O2P/c3-5-2-1-4-5/h3H,1-2H2. The molecule has 0 aliphatic carbocycles. The molecule has 1 unspecified atom stereocenters. The number of hydrogen-bond donors (Lipinski definition) is 1. The fraction of sp³-hybridized carbons (Fsp3) is 1.00. The summed E-state index contributed by atoms with van der Waals surface area (Å²) in [4.78, 5) is 8.29. The van der Waals surface area contributed by atoms with E-state index in [0.717, 1.165) is 12.8 Å². The zero-order valence-electron chi connectivity index (χ0n) is 2.72. The van der Waals surface area contributed by atoms with Crippen molar-refractivity contribution in [2.24, 2.45) is 0 Å². The third-order valence-electron chi connectivity index (χ3n) is 0.523. The second-order valence-corrected chi connectivity index (χ2v) is 2.32. The van der Waals surface area contributed by atoms with E-state index in [9.17, 15) is 0 Å². The van der Waals surface area contributed by atoms with Gasteiger partial charge in [-0.3, -0.25) is 0 Å². The van der Waals surface area contributed by atoms with Crippen LogP contribution in [0.3, 0.4) is 0 Å². The summed E-state index contributed by atoms with van der Waals surface area (Å²) in [5, 5.41) is 0. The quantitative estimate of drug-likeness (QED) is 0.436. The molecule has 30 valence electrons. The molecule has 0 aromatic heterocycles. The summed E-state index contributed by atoms with van der Waals surface area (Å²) in [6.07, 6.45) is 0.884. The largest absolute Gasteiger partial charge is 0.350 e. The summed E-state index contributed by atoms with van der Waals surface area (Å²) < 4.78 is 4.55. The van der Waals surface area contributed by atoms with Gasteiger partial charge in [0.2, 0.25) is 0 Å². The summed E-state index contributed by atoms with van der Waals surface area (Å²) in [6.45, 7) is 0.766. The smallest absolute Gasteiger partial charge is 0.170 e. The van der Waals surface area contributed by atoms with Gasteiger partial charge in [0, 0.05) is 6.16 Å². The molecule has 1 saturated heterocycles. The lowest BCUT2D eigenvalue weighted by molar-refractivity contribution is 0.276. The van der Waals surface area contributed by atoms with E-state index in [1.165, 1.54) is 0 Å².